The summed E-state index contributed by atoms with van der Waals surface area (Å²) >= 11 is 12.1. The predicted molar refractivity (Wildman–Crippen MR) is 117 cm³/mol. The molecule has 2 atom stereocenters. The zero-order valence-corrected chi connectivity index (χ0v) is 18.7. The van der Waals surface area contributed by atoms with Gasteiger partial charge < -0.3 is 10.2 Å². The van der Waals surface area contributed by atoms with Crippen LogP contribution in [0.3, 0.4) is 0 Å². The Morgan fingerprint density at radius 2 is 1.59 bits per heavy atom. The lowest BCUT2D eigenvalue weighted by Gasteiger charge is -2.38. The van der Waals surface area contributed by atoms with E-state index in [1.165, 1.54) is 6.42 Å². The Morgan fingerprint density at radius 1 is 1.00 bits per heavy atom. The van der Waals surface area contributed by atoms with Crippen LogP contribution in [0.25, 0.3) is 0 Å². The first-order valence-corrected chi connectivity index (χ1v) is 11.0. The van der Waals surface area contributed by atoms with E-state index in [0.717, 1.165) is 39.3 Å². The van der Waals surface area contributed by atoms with Gasteiger partial charge in [-0.15, -0.1) is 0 Å². The van der Waals surface area contributed by atoms with Crippen molar-refractivity contribution in [2.45, 2.75) is 20.3 Å². The monoisotopic (exact) mass is 440 g/mol. The maximum Gasteiger partial charge on any atom is 0.238 e. The molecule has 2 aliphatic rings. The minimum atomic E-state index is -0.116. The topological polar surface area (TPSA) is 55.9 Å². The van der Waals surface area contributed by atoms with Crippen LogP contribution in [0.4, 0.5) is 5.69 Å². The average molecular weight is 441 g/mol. The second kappa shape index (κ2) is 10.1. The molecule has 0 bridgehead atoms. The summed E-state index contributed by atoms with van der Waals surface area (Å²) in [6.45, 7) is 10.0. The predicted octanol–water partition coefficient (Wildman–Crippen LogP) is 3.05. The van der Waals surface area contributed by atoms with Gasteiger partial charge in [0.2, 0.25) is 11.8 Å². The van der Waals surface area contributed by atoms with Crippen LogP contribution in [-0.4, -0.2) is 78.9 Å². The lowest BCUT2D eigenvalue weighted by atomic mass is 9.92. The fraction of sp³-hybridized carbons (Fsp3) is 0.619. The lowest BCUT2D eigenvalue weighted by molar-refractivity contribution is -0.135. The second-order valence-electron chi connectivity index (χ2n) is 8.45. The average Bonchev–Trinajstić information content (AvgIpc) is 2.66. The van der Waals surface area contributed by atoms with E-state index in [1.807, 2.05) is 4.90 Å². The van der Waals surface area contributed by atoms with Crippen LogP contribution in [0.15, 0.2) is 18.2 Å². The van der Waals surface area contributed by atoms with Crippen LogP contribution in [0, 0.1) is 11.8 Å². The summed E-state index contributed by atoms with van der Waals surface area (Å²) in [4.78, 5) is 31.3. The Bertz CT molecular complexity index is 727. The summed E-state index contributed by atoms with van der Waals surface area (Å²) in [5, 5.41) is 3.59. The molecule has 8 heteroatoms. The third-order valence-electron chi connectivity index (χ3n) is 5.64. The van der Waals surface area contributed by atoms with E-state index in [9.17, 15) is 9.59 Å². The summed E-state index contributed by atoms with van der Waals surface area (Å²) in [6.07, 6.45) is 1.20. The van der Waals surface area contributed by atoms with E-state index < -0.39 is 0 Å². The Kier molecular flexibility index (Phi) is 7.79. The summed E-state index contributed by atoms with van der Waals surface area (Å²) in [7, 11) is 0. The number of hydrogen-bond donors (Lipinski definition) is 1. The molecule has 2 unspecified atom stereocenters. The zero-order chi connectivity index (χ0) is 21.0. The molecule has 2 fully saturated rings. The minimum Gasteiger partial charge on any atom is -0.341 e. The normalized spacial score (nSPS) is 23.8. The highest BCUT2D eigenvalue weighted by molar-refractivity contribution is 6.44. The Balaban J connectivity index is 1.41. The van der Waals surface area contributed by atoms with Crippen molar-refractivity contribution < 1.29 is 9.59 Å². The fourth-order valence-corrected chi connectivity index (χ4v) is 4.60. The molecule has 1 aromatic rings. The molecular weight excluding hydrogens is 411 g/mol. The van der Waals surface area contributed by atoms with Crippen molar-refractivity contribution in [1.82, 2.24) is 14.7 Å². The summed E-state index contributed by atoms with van der Waals surface area (Å²) < 4.78 is 0. The Hall–Kier alpha value is -1.34. The number of benzene rings is 1. The van der Waals surface area contributed by atoms with E-state index in [4.69, 9.17) is 23.2 Å². The van der Waals surface area contributed by atoms with Crippen molar-refractivity contribution in [2.75, 3.05) is 57.7 Å². The Morgan fingerprint density at radius 3 is 2.21 bits per heavy atom. The van der Waals surface area contributed by atoms with Crippen molar-refractivity contribution in [3.8, 4) is 0 Å². The molecule has 0 spiro atoms. The molecule has 2 heterocycles. The SMILES string of the molecule is CC1CC(C)CN(C(=O)CN2CCN(CC(=O)Nc3cccc(Cl)c3Cl)CC2)C1. The third-order valence-corrected chi connectivity index (χ3v) is 6.46. The van der Waals surface area contributed by atoms with Gasteiger partial charge in [-0.05, 0) is 30.4 Å². The molecule has 6 nitrogen and oxygen atoms in total. The van der Waals surface area contributed by atoms with Gasteiger partial charge >= 0.3 is 0 Å². The van der Waals surface area contributed by atoms with Crippen LogP contribution >= 0.6 is 23.2 Å². The number of piperidine rings is 1. The number of rotatable bonds is 5. The molecule has 0 saturated carbocycles. The first-order chi connectivity index (χ1) is 13.8. The molecule has 0 aliphatic carbocycles. The minimum absolute atomic E-state index is 0.116. The van der Waals surface area contributed by atoms with Gasteiger partial charge in [0.05, 0.1) is 28.8 Å². The maximum atomic E-state index is 12.7. The van der Waals surface area contributed by atoms with E-state index >= 15 is 0 Å². The van der Waals surface area contributed by atoms with Gasteiger partial charge in [-0.3, -0.25) is 19.4 Å². The Labute approximate surface area is 183 Å². The largest absolute Gasteiger partial charge is 0.341 e. The van der Waals surface area contributed by atoms with Crippen LogP contribution in [-0.2, 0) is 9.59 Å². The van der Waals surface area contributed by atoms with Crippen LogP contribution in [0.1, 0.15) is 20.3 Å². The number of nitrogens with one attached hydrogen (secondary N) is 1. The number of likely N-dealkylation sites (tertiary alicyclic amines) is 1. The molecular formula is C21H30Cl2N4O2. The van der Waals surface area contributed by atoms with Gasteiger partial charge in [-0.1, -0.05) is 43.1 Å². The first-order valence-electron chi connectivity index (χ1n) is 10.3. The smallest absolute Gasteiger partial charge is 0.238 e. The van der Waals surface area contributed by atoms with Crippen LogP contribution in [0.2, 0.25) is 10.0 Å². The van der Waals surface area contributed by atoms with Gasteiger partial charge in [0.15, 0.2) is 0 Å². The summed E-state index contributed by atoms with van der Waals surface area (Å²) in [5.41, 5.74) is 0.526. The number of nitrogens with zero attached hydrogens (tertiary/aromatic N) is 3. The lowest BCUT2D eigenvalue weighted by Crippen LogP contribution is -2.52. The van der Waals surface area contributed by atoms with E-state index in [0.29, 0.717) is 40.7 Å². The number of amides is 2. The second-order valence-corrected chi connectivity index (χ2v) is 9.23. The van der Waals surface area contributed by atoms with Crippen molar-refractivity contribution >= 4 is 40.7 Å². The van der Waals surface area contributed by atoms with Crippen molar-refractivity contribution in [2.24, 2.45) is 11.8 Å². The highest BCUT2D eigenvalue weighted by atomic mass is 35.5. The molecule has 2 aliphatic heterocycles. The van der Waals surface area contributed by atoms with E-state index in [2.05, 4.69) is 29.0 Å². The molecule has 2 amide bonds. The van der Waals surface area contributed by atoms with Gasteiger partial charge in [0.1, 0.15) is 0 Å². The molecule has 0 radical (unpaired) electrons. The van der Waals surface area contributed by atoms with E-state index in [-0.39, 0.29) is 11.8 Å². The van der Waals surface area contributed by atoms with Gasteiger partial charge in [0.25, 0.3) is 0 Å². The van der Waals surface area contributed by atoms with Crippen LogP contribution in [0.5, 0.6) is 0 Å². The number of carbonyl (C=O) groups is 2. The molecule has 160 valence electrons. The van der Waals surface area contributed by atoms with Crippen molar-refractivity contribution in [3.63, 3.8) is 0 Å². The summed E-state index contributed by atoms with van der Waals surface area (Å²) in [6, 6.07) is 5.17. The van der Waals surface area contributed by atoms with Crippen molar-refractivity contribution in [3.05, 3.63) is 28.2 Å². The van der Waals surface area contributed by atoms with Gasteiger partial charge in [0, 0.05) is 39.3 Å². The van der Waals surface area contributed by atoms with E-state index in [1.54, 1.807) is 18.2 Å². The number of hydrogen-bond acceptors (Lipinski definition) is 4. The van der Waals surface area contributed by atoms with Crippen LogP contribution < -0.4 is 5.32 Å². The number of carbonyl (C=O) groups excluding carboxylic acids is 2. The molecule has 3 rings (SSSR count). The van der Waals surface area contributed by atoms with Gasteiger partial charge in [-0.25, -0.2) is 0 Å². The quantitative estimate of drug-likeness (QED) is 0.763. The molecule has 2 saturated heterocycles. The fourth-order valence-electron chi connectivity index (χ4n) is 4.26. The standard InChI is InChI=1S/C21H30Cl2N4O2/c1-15-10-16(2)12-27(11-15)20(29)14-26-8-6-25(7-9-26)13-19(28)24-18-5-3-4-17(22)21(18)23/h3-5,15-16H,6-14H2,1-2H3,(H,24,28). The number of halogens is 2. The number of anilines is 1. The summed E-state index contributed by atoms with van der Waals surface area (Å²) in [5.74, 6) is 1.26. The highest BCUT2D eigenvalue weighted by Crippen LogP contribution is 2.29. The third kappa shape index (κ3) is 6.32. The maximum absolute atomic E-state index is 12.7. The molecule has 1 N–H and O–H groups in total. The first kappa shape index (κ1) is 22.3. The molecule has 0 aromatic heterocycles. The highest BCUT2D eigenvalue weighted by Gasteiger charge is 2.27. The molecule has 1 aromatic carbocycles. The molecule has 29 heavy (non-hydrogen) atoms. The number of piperazine rings is 1. The zero-order valence-electron chi connectivity index (χ0n) is 17.2. The van der Waals surface area contributed by atoms with Gasteiger partial charge in [-0.2, -0.15) is 0 Å². The van der Waals surface area contributed by atoms with Crippen molar-refractivity contribution in [1.29, 1.82) is 0 Å².